The van der Waals surface area contributed by atoms with Crippen LogP contribution in [0.25, 0.3) is 0 Å². The minimum atomic E-state index is 0.0881. The van der Waals surface area contributed by atoms with Crippen molar-refractivity contribution in [1.29, 1.82) is 0 Å². The van der Waals surface area contributed by atoms with Crippen molar-refractivity contribution in [2.24, 2.45) is 17.3 Å². The Kier molecular flexibility index (Phi) is 3.83. The normalized spacial score (nSPS) is 25.7. The number of carbonyl (C=O) groups is 1. The van der Waals surface area contributed by atoms with E-state index in [9.17, 15) is 4.79 Å². The van der Waals surface area contributed by atoms with Crippen LogP contribution in [0.4, 0.5) is 0 Å². The van der Waals surface area contributed by atoms with E-state index in [1.807, 2.05) is 12.1 Å². The van der Waals surface area contributed by atoms with Crippen LogP contribution in [0.2, 0.25) is 0 Å². The van der Waals surface area contributed by atoms with Crippen molar-refractivity contribution in [3.8, 4) is 0 Å². The van der Waals surface area contributed by atoms with Crippen molar-refractivity contribution >= 4 is 5.91 Å². The molecule has 1 fully saturated rings. The van der Waals surface area contributed by atoms with Gasteiger partial charge in [-0.2, -0.15) is 0 Å². The summed E-state index contributed by atoms with van der Waals surface area (Å²) in [6, 6.07) is 3.80. The number of aromatic nitrogens is 1. The molecule has 0 spiro atoms. The number of nitrogens with one attached hydrogen (secondary N) is 1. The van der Waals surface area contributed by atoms with Crippen LogP contribution in [0.3, 0.4) is 0 Å². The van der Waals surface area contributed by atoms with Gasteiger partial charge in [-0.05, 0) is 48.1 Å². The van der Waals surface area contributed by atoms with Gasteiger partial charge < -0.3 is 5.32 Å². The van der Waals surface area contributed by atoms with Crippen molar-refractivity contribution in [3.05, 3.63) is 41.7 Å². The maximum atomic E-state index is 11.9. The summed E-state index contributed by atoms with van der Waals surface area (Å²) in [7, 11) is 0. The molecule has 0 saturated heterocycles. The Morgan fingerprint density at radius 2 is 2.33 bits per heavy atom. The number of fused-ring (bicyclic) bond motifs is 1. The molecule has 0 radical (unpaired) electrons. The van der Waals surface area contributed by atoms with Gasteiger partial charge in [0.15, 0.2) is 0 Å². The molecule has 0 aliphatic heterocycles. The average molecular weight is 284 g/mol. The molecule has 112 valence electrons. The second-order valence-corrected chi connectivity index (χ2v) is 6.96. The predicted molar refractivity (Wildman–Crippen MR) is 83.6 cm³/mol. The second-order valence-electron chi connectivity index (χ2n) is 6.96. The molecule has 1 aromatic heterocycles. The van der Waals surface area contributed by atoms with Crippen molar-refractivity contribution in [2.75, 3.05) is 6.54 Å². The third kappa shape index (κ3) is 2.87. The Morgan fingerprint density at radius 1 is 1.48 bits per heavy atom. The minimum absolute atomic E-state index is 0.0881. The molecule has 1 saturated carbocycles. The van der Waals surface area contributed by atoms with E-state index in [0.717, 1.165) is 30.4 Å². The quantitative estimate of drug-likeness (QED) is 0.844. The van der Waals surface area contributed by atoms with Gasteiger partial charge in [-0.1, -0.05) is 31.6 Å². The Labute approximate surface area is 126 Å². The zero-order valence-electron chi connectivity index (χ0n) is 12.9. The summed E-state index contributed by atoms with van der Waals surface area (Å²) in [5.41, 5.74) is 3.00. The molecular weight excluding hydrogens is 260 g/mol. The maximum Gasteiger partial charge on any atom is 0.224 e. The van der Waals surface area contributed by atoms with Crippen LogP contribution in [0.15, 0.2) is 36.2 Å². The molecule has 1 N–H and O–H groups in total. The first kappa shape index (κ1) is 14.3. The van der Waals surface area contributed by atoms with Gasteiger partial charge in [0, 0.05) is 18.9 Å². The highest BCUT2D eigenvalue weighted by Gasteiger charge is 2.50. The van der Waals surface area contributed by atoms with E-state index in [1.165, 1.54) is 12.8 Å². The predicted octanol–water partition coefficient (Wildman–Crippen LogP) is 3.12. The van der Waals surface area contributed by atoms with E-state index in [2.05, 4.69) is 30.2 Å². The number of nitrogens with zero attached hydrogens (tertiary/aromatic N) is 1. The molecule has 1 amide bonds. The fourth-order valence-corrected chi connectivity index (χ4v) is 3.85. The summed E-state index contributed by atoms with van der Waals surface area (Å²) in [4.78, 5) is 15.9. The summed E-state index contributed by atoms with van der Waals surface area (Å²) in [6.45, 7) is 5.53. The number of rotatable bonds is 5. The van der Waals surface area contributed by atoms with E-state index in [4.69, 9.17) is 0 Å². The zero-order valence-corrected chi connectivity index (χ0v) is 12.9. The first-order chi connectivity index (χ1) is 10.1. The van der Waals surface area contributed by atoms with E-state index >= 15 is 0 Å². The smallest absolute Gasteiger partial charge is 0.224 e. The van der Waals surface area contributed by atoms with E-state index < -0.39 is 0 Å². The standard InChI is InChI=1S/C18H24N2O/c1-18(2)15-6-5-14(16(18)11-15)7-9-20-17(21)10-13-4-3-8-19-12-13/h3-5,8,12,15-16H,6-7,9-11H2,1-2H3,(H,20,21)/t15-,16-/m0/s1. The molecule has 3 aliphatic carbocycles. The average Bonchev–Trinajstić information content (AvgIpc) is 2.48. The molecule has 4 rings (SSSR count). The molecule has 0 aromatic carbocycles. The van der Waals surface area contributed by atoms with Gasteiger partial charge in [-0.25, -0.2) is 0 Å². The van der Waals surface area contributed by atoms with Gasteiger partial charge in [0.2, 0.25) is 5.91 Å². The molecule has 21 heavy (non-hydrogen) atoms. The topological polar surface area (TPSA) is 42.0 Å². The number of allylic oxidation sites excluding steroid dienone is 1. The Balaban J connectivity index is 1.44. The molecule has 2 atom stereocenters. The lowest BCUT2D eigenvalue weighted by Gasteiger charge is -2.56. The number of hydrogen-bond acceptors (Lipinski definition) is 2. The first-order valence-corrected chi connectivity index (χ1v) is 7.92. The number of hydrogen-bond donors (Lipinski definition) is 1. The van der Waals surface area contributed by atoms with Gasteiger partial charge in [-0.3, -0.25) is 9.78 Å². The van der Waals surface area contributed by atoms with Crippen molar-refractivity contribution < 1.29 is 4.79 Å². The van der Waals surface area contributed by atoms with Crippen molar-refractivity contribution in [1.82, 2.24) is 10.3 Å². The molecule has 3 nitrogen and oxygen atoms in total. The Morgan fingerprint density at radius 3 is 3.00 bits per heavy atom. The molecular formula is C18H24N2O. The zero-order chi connectivity index (χ0) is 14.9. The van der Waals surface area contributed by atoms with Crippen LogP contribution < -0.4 is 5.32 Å². The molecule has 0 unspecified atom stereocenters. The lowest BCUT2D eigenvalue weighted by molar-refractivity contribution is -0.120. The van der Waals surface area contributed by atoms with Crippen LogP contribution in [0.5, 0.6) is 0 Å². The summed E-state index contributed by atoms with van der Waals surface area (Å²) < 4.78 is 0. The number of pyridine rings is 1. The summed E-state index contributed by atoms with van der Waals surface area (Å²) >= 11 is 0. The number of carbonyl (C=O) groups excluding carboxylic acids is 1. The van der Waals surface area contributed by atoms with Gasteiger partial charge >= 0.3 is 0 Å². The fraction of sp³-hybridized carbons (Fsp3) is 0.556. The lowest BCUT2D eigenvalue weighted by atomic mass is 9.48. The lowest BCUT2D eigenvalue weighted by Crippen LogP contribution is -2.48. The SMILES string of the molecule is CC1(C)[C@H]2CC=C(CCNC(=O)Cc3cccnc3)[C@@H]1C2. The first-order valence-electron chi connectivity index (χ1n) is 7.92. The second kappa shape index (κ2) is 5.63. The highest BCUT2D eigenvalue weighted by atomic mass is 16.1. The minimum Gasteiger partial charge on any atom is -0.355 e. The van der Waals surface area contributed by atoms with Crippen LogP contribution in [0.1, 0.15) is 38.7 Å². The highest BCUT2D eigenvalue weighted by Crippen LogP contribution is 2.59. The molecule has 3 heteroatoms. The summed E-state index contributed by atoms with van der Waals surface area (Å²) in [6.07, 6.45) is 9.89. The fourth-order valence-electron chi connectivity index (χ4n) is 3.85. The van der Waals surface area contributed by atoms with Gasteiger partial charge in [0.1, 0.15) is 0 Å². The molecule has 2 bridgehead atoms. The van der Waals surface area contributed by atoms with Crippen molar-refractivity contribution in [3.63, 3.8) is 0 Å². The Hall–Kier alpha value is -1.64. The summed E-state index contributed by atoms with van der Waals surface area (Å²) in [5, 5.41) is 3.04. The van der Waals surface area contributed by atoms with Gasteiger partial charge in [0.25, 0.3) is 0 Å². The van der Waals surface area contributed by atoms with E-state index in [-0.39, 0.29) is 5.91 Å². The monoisotopic (exact) mass is 284 g/mol. The van der Waals surface area contributed by atoms with Crippen LogP contribution in [0, 0.1) is 17.3 Å². The Bertz CT molecular complexity index is 548. The maximum absolute atomic E-state index is 11.9. The van der Waals surface area contributed by atoms with E-state index in [0.29, 0.717) is 11.8 Å². The molecule has 1 aromatic rings. The third-order valence-corrected chi connectivity index (χ3v) is 5.41. The third-order valence-electron chi connectivity index (χ3n) is 5.41. The van der Waals surface area contributed by atoms with Crippen LogP contribution in [-0.2, 0) is 11.2 Å². The number of amides is 1. The molecule has 3 aliphatic rings. The van der Waals surface area contributed by atoms with Crippen LogP contribution >= 0.6 is 0 Å². The van der Waals surface area contributed by atoms with Crippen molar-refractivity contribution in [2.45, 2.75) is 39.5 Å². The van der Waals surface area contributed by atoms with Gasteiger partial charge in [0.05, 0.1) is 6.42 Å². The summed E-state index contributed by atoms with van der Waals surface area (Å²) in [5.74, 6) is 1.71. The van der Waals surface area contributed by atoms with Crippen LogP contribution in [-0.4, -0.2) is 17.4 Å². The van der Waals surface area contributed by atoms with E-state index in [1.54, 1.807) is 18.0 Å². The largest absolute Gasteiger partial charge is 0.355 e. The molecule has 1 heterocycles. The van der Waals surface area contributed by atoms with Gasteiger partial charge in [-0.15, -0.1) is 0 Å². The highest BCUT2D eigenvalue weighted by molar-refractivity contribution is 5.78.